The van der Waals surface area contributed by atoms with Crippen LogP contribution in [0.5, 0.6) is 0 Å². The molecule has 4 unspecified atom stereocenters. The van der Waals surface area contributed by atoms with Crippen LogP contribution in [0.15, 0.2) is 0 Å². The highest BCUT2D eigenvalue weighted by molar-refractivity contribution is 4.86. The SMILES string of the molecule is OC1COC(NCC2CC2)C(O)C1O. The third-order valence-corrected chi connectivity index (χ3v) is 2.81. The van der Waals surface area contributed by atoms with Crippen LogP contribution in [-0.4, -0.2) is 53.0 Å². The minimum absolute atomic E-state index is 0.0700. The zero-order valence-electron chi connectivity index (χ0n) is 7.97. The molecule has 0 aromatic carbocycles. The molecular weight excluding hydrogens is 186 g/mol. The molecule has 0 radical (unpaired) electrons. The predicted octanol–water partition coefficient (Wildman–Crippen LogP) is -1.57. The van der Waals surface area contributed by atoms with Gasteiger partial charge in [-0.3, -0.25) is 5.32 Å². The van der Waals surface area contributed by atoms with E-state index < -0.39 is 24.5 Å². The van der Waals surface area contributed by atoms with Crippen LogP contribution < -0.4 is 5.32 Å². The largest absolute Gasteiger partial charge is 0.388 e. The Labute approximate surface area is 82.7 Å². The second-order valence-corrected chi connectivity index (χ2v) is 4.15. The molecule has 2 aliphatic rings. The third-order valence-electron chi connectivity index (χ3n) is 2.81. The van der Waals surface area contributed by atoms with Gasteiger partial charge in [0.2, 0.25) is 0 Å². The van der Waals surface area contributed by atoms with Crippen molar-refractivity contribution in [1.29, 1.82) is 0 Å². The monoisotopic (exact) mass is 203 g/mol. The van der Waals surface area contributed by atoms with Gasteiger partial charge in [-0.2, -0.15) is 0 Å². The Morgan fingerprint density at radius 1 is 1.14 bits per heavy atom. The topological polar surface area (TPSA) is 82.0 Å². The van der Waals surface area contributed by atoms with Crippen molar-refractivity contribution in [3.05, 3.63) is 0 Å². The molecule has 4 N–H and O–H groups in total. The van der Waals surface area contributed by atoms with Gasteiger partial charge in [-0.1, -0.05) is 0 Å². The average Bonchev–Trinajstić information content (AvgIpc) is 2.97. The van der Waals surface area contributed by atoms with Crippen LogP contribution >= 0.6 is 0 Å². The lowest BCUT2D eigenvalue weighted by atomic mass is 10.0. The fraction of sp³-hybridized carbons (Fsp3) is 1.00. The zero-order valence-corrected chi connectivity index (χ0v) is 7.97. The molecule has 1 saturated heterocycles. The lowest BCUT2D eigenvalue weighted by molar-refractivity contribution is -0.195. The van der Waals surface area contributed by atoms with E-state index in [2.05, 4.69) is 5.32 Å². The van der Waals surface area contributed by atoms with Crippen LogP contribution in [0, 0.1) is 5.92 Å². The molecule has 4 atom stereocenters. The highest BCUT2D eigenvalue weighted by Gasteiger charge is 2.37. The van der Waals surface area contributed by atoms with E-state index in [1.165, 1.54) is 12.8 Å². The van der Waals surface area contributed by atoms with Crippen molar-refractivity contribution in [3.8, 4) is 0 Å². The van der Waals surface area contributed by atoms with Gasteiger partial charge in [0.05, 0.1) is 6.61 Å². The van der Waals surface area contributed by atoms with Gasteiger partial charge in [0.25, 0.3) is 0 Å². The maximum absolute atomic E-state index is 9.54. The summed E-state index contributed by atoms with van der Waals surface area (Å²) in [5.41, 5.74) is 0. The molecule has 1 saturated carbocycles. The van der Waals surface area contributed by atoms with Crippen LogP contribution in [0.2, 0.25) is 0 Å². The molecule has 1 aliphatic carbocycles. The van der Waals surface area contributed by atoms with Crippen molar-refractivity contribution in [3.63, 3.8) is 0 Å². The first-order valence-corrected chi connectivity index (χ1v) is 5.07. The van der Waals surface area contributed by atoms with Gasteiger partial charge in [-0.15, -0.1) is 0 Å². The molecule has 0 aromatic heterocycles. The van der Waals surface area contributed by atoms with Gasteiger partial charge < -0.3 is 20.1 Å². The smallest absolute Gasteiger partial charge is 0.137 e. The van der Waals surface area contributed by atoms with E-state index in [9.17, 15) is 15.3 Å². The van der Waals surface area contributed by atoms with E-state index in [1.54, 1.807) is 0 Å². The number of rotatable bonds is 3. The molecule has 5 nitrogen and oxygen atoms in total. The van der Waals surface area contributed by atoms with Crippen LogP contribution in [0.3, 0.4) is 0 Å². The predicted molar refractivity (Wildman–Crippen MR) is 48.5 cm³/mol. The highest BCUT2D eigenvalue weighted by atomic mass is 16.5. The standard InChI is InChI=1S/C9H17NO4/c11-6-4-14-9(8(13)7(6)12)10-3-5-1-2-5/h5-13H,1-4H2. The molecule has 0 aromatic rings. The first kappa shape index (κ1) is 10.3. The first-order valence-electron chi connectivity index (χ1n) is 5.07. The maximum Gasteiger partial charge on any atom is 0.137 e. The van der Waals surface area contributed by atoms with Crippen molar-refractivity contribution in [2.45, 2.75) is 37.4 Å². The summed E-state index contributed by atoms with van der Waals surface area (Å²) in [4.78, 5) is 0. The first-order chi connectivity index (χ1) is 6.68. The molecular formula is C9H17NO4. The lowest BCUT2D eigenvalue weighted by Crippen LogP contribution is -2.58. The summed E-state index contributed by atoms with van der Waals surface area (Å²) in [5.74, 6) is 0.690. The van der Waals surface area contributed by atoms with Gasteiger partial charge in [-0.05, 0) is 18.8 Å². The van der Waals surface area contributed by atoms with Gasteiger partial charge in [0, 0.05) is 6.54 Å². The van der Waals surface area contributed by atoms with Crippen molar-refractivity contribution in [2.24, 2.45) is 5.92 Å². The van der Waals surface area contributed by atoms with E-state index in [0.717, 1.165) is 6.54 Å². The summed E-state index contributed by atoms with van der Waals surface area (Å²) in [6, 6.07) is 0. The fourth-order valence-electron chi connectivity index (χ4n) is 1.59. The second-order valence-electron chi connectivity index (χ2n) is 4.15. The number of aliphatic hydroxyl groups excluding tert-OH is 3. The van der Waals surface area contributed by atoms with Gasteiger partial charge in [0.1, 0.15) is 24.5 Å². The number of nitrogens with one attached hydrogen (secondary N) is 1. The van der Waals surface area contributed by atoms with E-state index in [0.29, 0.717) is 5.92 Å². The number of hydrogen-bond donors (Lipinski definition) is 4. The fourth-order valence-corrected chi connectivity index (χ4v) is 1.59. The summed E-state index contributed by atoms with van der Waals surface area (Å²) < 4.78 is 5.18. The Bertz CT molecular complexity index is 197. The Morgan fingerprint density at radius 2 is 1.86 bits per heavy atom. The van der Waals surface area contributed by atoms with Gasteiger partial charge >= 0.3 is 0 Å². The number of aliphatic hydroxyl groups is 3. The molecule has 0 amide bonds. The molecule has 1 heterocycles. The minimum atomic E-state index is -1.11. The third kappa shape index (κ3) is 2.24. The minimum Gasteiger partial charge on any atom is -0.388 e. The van der Waals surface area contributed by atoms with Crippen LogP contribution in [0.25, 0.3) is 0 Å². The van der Waals surface area contributed by atoms with Crippen LogP contribution in [0.1, 0.15) is 12.8 Å². The summed E-state index contributed by atoms with van der Waals surface area (Å²) in [7, 11) is 0. The molecule has 0 spiro atoms. The Morgan fingerprint density at radius 3 is 2.50 bits per heavy atom. The lowest BCUT2D eigenvalue weighted by Gasteiger charge is -2.35. The quantitative estimate of drug-likeness (QED) is 0.445. The van der Waals surface area contributed by atoms with Gasteiger partial charge in [-0.25, -0.2) is 0 Å². The second kappa shape index (κ2) is 4.12. The van der Waals surface area contributed by atoms with Crippen LogP contribution in [-0.2, 0) is 4.74 Å². The molecule has 5 heteroatoms. The molecule has 2 fully saturated rings. The number of ether oxygens (including phenoxy) is 1. The van der Waals surface area contributed by atoms with E-state index >= 15 is 0 Å². The van der Waals surface area contributed by atoms with Crippen molar-refractivity contribution >= 4 is 0 Å². The summed E-state index contributed by atoms with van der Waals surface area (Å²) in [6.07, 6.45) is -1.24. The van der Waals surface area contributed by atoms with Crippen molar-refractivity contribution < 1.29 is 20.1 Å². The zero-order chi connectivity index (χ0) is 10.1. The molecule has 0 bridgehead atoms. The number of hydrogen-bond acceptors (Lipinski definition) is 5. The van der Waals surface area contributed by atoms with Crippen molar-refractivity contribution in [2.75, 3.05) is 13.2 Å². The van der Waals surface area contributed by atoms with Crippen LogP contribution in [0.4, 0.5) is 0 Å². The van der Waals surface area contributed by atoms with E-state index in [1.807, 2.05) is 0 Å². The molecule has 14 heavy (non-hydrogen) atoms. The Hall–Kier alpha value is -0.200. The molecule has 2 rings (SSSR count). The molecule has 1 aliphatic heterocycles. The van der Waals surface area contributed by atoms with Gasteiger partial charge in [0.15, 0.2) is 0 Å². The highest BCUT2D eigenvalue weighted by Crippen LogP contribution is 2.28. The molecule has 82 valence electrons. The normalized spacial score (nSPS) is 43.9. The van der Waals surface area contributed by atoms with E-state index in [-0.39, 0.29) is 6.61 Å². The van der Waals surface area contributed by atoms with Crippen molar-refractivity contribution in [1.82, 2.24) is 5.32 Å². The summed E-state index contributed by atoms with van der Waals surface area (Å²) in [6.45, 7) is 0.880. The van der Waals surface area contributed by atoms with E-state index in [4.69, 9.17) is 4.74 Å². The average molecular weight is 203 g/mol. The maximum atomic E-state index is 9.54. The summed E-state index contributed by atoms with van der Waals surface area (Å²) in [5, 5.41) is 31.2. The Kier molecular flexibility index (Phi) is 3.04. The summed E-state index contributed by atoms with van der Waals surface area (Å²) >= 11 is 0. The Balaban J connectivity index is 1.79.